The summed E-state index contributed by atoms with van der Waals surface area (Å²) >= 11 is 0. The molecule has 1 heterocycles. The van der Waals surface area contributed by atoms with Crippen molar-refractivity contribution in [3.05, 3.63) is 65.9 Å². The molecule has 0 saturated carbocycles. The van der Waals surface area contributed by atoms with Crippen molar-refractivity contribution < 1.29 is 9.52 Å². The van der Waals surface area contributed by atoms with Gasteiger partial charge < -0.3 is 20.2 Å². The third-order valence-corrected chi connectivity index (χ3v) is 3.73. The molecular formula is C19H22N2O2. The molecule has 0 bridgehead atoms. The zero-order valence-corrected chi connectivity index (χ0v) is 13.1. The molecule has 0 aliphatic rings. The molecule has 23 heavy (non-hydrogen) atoms. The Morgan fingerprint density at radius 2 is 1.83 bits per heavy atom. The van der Waals surface area contributed by atoms with E-state index in [0.29, 0.717) is 6.54 Å². The van der Waals surface area contributed by atoms with Crippen molar-refractivity contribution in [1.29, 1.82) is 0 Å². The Labute approximate surface area is 136 Å². The Kier molecular flexibility index (Phi) is 5.29. The highest BCUT2D eigenvalue weighted by Crippen LogP contribution is 2.21. The third kappa shape index (κ3) is 4.34. The molecule has 0 unspecified atom stereocenters. The zero-order chi connectivity index (χ0) is 15.9. The number of fused-ring (bicyclic) bond motifs is 1. The number of benzene rings is 2. The average Bonchev–Trinajstić information content (AvgIpc) is 2.98. The van der Waals surface area contributed by atoms with Gasteiger partial charge in [0.25, 0.3) is 0 Å². The number of aliphatic hydroxyl groups excluding tert-OH is 1. The standard InChI is InChI=1S/C19H22N2O2/c22-11-10-20-14-15-6-7-16-13-18(23-19(16)12-15)8-9-21-17-4-2-1-3-5-17/h1-7,12-13,20-22H,8-11,14H2. The SMILES string of the molecule is OCCNCc1ccc2cc(CCNc3ccccc3)oc2c1. The Balaban J connectivity index is 1.58. The van der Waals surface area contributed by atoms with Crippen molar-refractivity contribution in [2.24, 2.45) is 0 Å². The number of anilines is 1. The van der Waals surface area contributed by atoms with Crippen LogP contribution in [0.3, 0.4) is 0 Å². The lowest BCUT2D eigenvalue weighted by atomic mass is 10.1. The van der Waals surface area contributed by atoms with Gasteiger partial charge in [-0.1, -0.05) is 30.3 Å². The van der Waals surface area contributed by atoms with E-state index in [2.05, 4.69) is 47.0 Å². The molecule has 3 aromatic rings. The van der Waals surface area contributed by atoms with Gasteiger partial charge in [-0.25, -0.2) is 0 Å². The molecule has 2 aromatic carbocycles. The molecule has 0 radical (unpaired) electrons. The molecule has 0 fully saturated rings. The van der Waals surface area contributed by atoms with Gasteiger partial charge in [0.05, 0.1) is 6.61 Å². The first-order valence-corrected chi connectivity index (χ1v) is 7.97. The smallest absolute Gasteiger partial charge is 0.134 e. The molecular weight excluding hydrogens is 288 g/mol. The van der Waals surface area contributed by atoms with Crippen molar-refractivity contribution in [1.82, 2.24) is 5.32 Å². The quantitative estimate of drug-likeness (QED) is 0.559. The van der Waals surface area contributed by atoms with Gasteiger partial charge in [0.2, 0.25) is 0 Å². The molecule has 0 amide bonds. The van der Waals surface area contributed by atoms with Gasteiger partial charge in [-0.2, -0.15) is 0 Å². The summed E-state index contributed by atoms with van der Waals surface area (Å²) in [6.45, 7) is 2.34. The van der Waals surface area contributed by atoms with Gasteiger partial charge in [-0.05, 0) is 29.8 Å². The normalized spacial score (nSPS) is 11.0. The fourth-order valence-corrected chi connectivity index (χ4v) is 2.56. The lowest BCUT2D eigenvalue weighted by Crippen LogP contribution is -2.17. The number of rotatable bonds is 8. The molecule has 0 atom stereocenters. The molecule has 120 valence electrons. The number of para-hydroxylation sites is 1. The second-order valence-electron chi connectivity index (χ2n) is 5.53. The van der Waals surface area contributed by atoms with E-state index in [4.69, 9.17) is 9.52 Å². The van der Waals surface area contributed by atoms with Crippen LogP contribution in [-0.2, 0) is 13.0 Å². The number of furan rings is 1. The molecule has 3 rings (SSSR count). The minimum Gasteiger partial charge on any atom is -0.461 e. The maximum absolute atomic E-state index is 8.80. The first-order chi connectivity index (χ1) is 11.3. The van der Waals surface area contributed by atoms with E-state index in [9.17, 15) is 0 Å². The monoisotopic (exact) mass is 310 g/mol. The fourth-order valence-electron chi connectivity index (χ4n) is 2.56. The molecule has 0 aliphatic heterocycles. The number of hydrogen-bond donors (Lipinski definition) is 3. The summed E-state index contributed by atoms with van der Waals surface area (Å²) in [7, 11) is 0. The van der Waals surface area contributed by atoms with Gasteiger partial charge in [0.1, 0.15) is 11.3 Å². The van der Waals surface area contributed by atoms with Gasteiger partial charge >= 0.3 is 0 Å². The van der Waals surface area contributed by atoms with Crippen LogP contribution in [0.5, 0.6) is 0 Å². The number of hydrogen-bond acceptors (Lipinski definition) is 4. The first kappa shape index (κ1) is 15.6. The molecule has 4 heteroatoms. The van der Waals surface area contributed by atoms with Crippen LogP contribution in [0.1, 0.15) is 11.3 Å². The number of aliphatic hydroxyl groups is 1. The highest BCUT2D eigenvalue weighted by atomic mass is 16.3. The van der Waals surface area contributed by atoms with Crippen LogP contribution in [0.25, 0.3) is 11.0 Å². The Hall–Kier alpha value is -2.30. The van der Waals surface area contributed by atoms with Crippen LogP contribution in [0.15, 0.2) is 59.0 Å². The van der Waals surface area contributed by atoms with E-state index in [0.717, 1.165) is 47.5 Å². The van der Waals surface area contributed by atoms with Crippen LogP contribution < -0.4 is 10.6 Å². The van der Waals surface area contributed by atoms with E-state index in [-0.39, 0.29) is 6.61 Å². The van der Waals surface area contributed by atoms with Crippen LogP contribution in [0.4, 0.5) is 5.69 Å². The molecule has 0 spiro atoms. The minimum absolute atomic E-state index is 0.154. The van der Waals surface area contributed by atoms with Gasteiger partial charge in [-0.15, -0.1) is 0 Å². The van der Waals surface area contributed by atoms with Crippen LogP contribution >= 0.6 is 0 Å². The molecule has 0 aliphatic carbocycles. The summed E-state index contributed by atoms with van der Waals surface area (Å²) in [6, 6.07) is 18.5. The topological polar surface area (TPSA) is 57.4 Å². The Bertz CT molecular complexity index is 737. The molecule has 0 saturated heterocycles. The largest absolute Gasteiger partial charge is 0.461 e. The molecule has 3 N–H and O–H groups in total. The van der Waals surface area contributed by atoms with Crippen molar-refractivity contribution >= 4 is 16.7 Å². The van der Waals surface area contributed by atoms with E-state index < -0.39 is 0 Å². The lowest BCUT2D eigenvalue weighted by Gasteiger charge is -2.04. The minimum atomic E-state index is 0.154. The van der Waals surface area contributed by atoms with Crippen LogP contribution in [0, 0.1) is 0 Å². The highest BCUT2D eigenvalue weighted by molar-refractivity contribution is 5.78. The summed E-state index contributed by atoms with van der Waals surface area (Å²) in [4.78, 5) is 0. The van der Waals surface area contributed by atoms with Crippen molar-refractivity contribution in [2.75, 3.05) is 25.0 Å². The van der Waals surface area contributed by atoms with E-state index >= 15 is 0 Å². The second kappa shape index (κ2) is 7.81. The van der Waals surface area contributed by atoms with E-state index in [1.807, 2.05) is 18.2 Å². The predicted octanol–water partition coefficient (Wildman–Crippen LogP) is 3.17. The number of nitrogens with one attached hydrogen (secondary N) is 2. The third-order valence-electron chi connectivity index (χ3n) is 3.73. The van der Waals surface area contributed by atoms with E-state index in [1.54, 1.807) is 0 Å². The average molecular weight is 310 g/mol. The molecule has 4 nitrogen and oxygen atoms in total. The van der Waals surface area contributed by atoms with Gasteiger partial charge in [-0.3, -0.25) is 0 Å². The Morgan fingerprint density at radius 1 is 0.957 bits per heavy atom. The van der Waals surface area contributed by atoms with Crippen molar-refractivity contribution in [2.45, 2.75) is 13.0 Å². The molecule has 1 aromatic heterocycles. The maximum Gasteiger partial charge on any atom is 0.134 e. The van der Waals surface area contributed by atoms with E-state index in [1.165, 1.54) is 0 Å². The van der Waals surface area contributed by atoms with Crippen LogP contribution in [0.2, 0.25) is 0 Å². The first-order valence-electron chi connectivity index (χ1n) is 7.97. The summed E-state index contributed by atoms with van der Waals surface area (Å²) in [5.74, 6) is 0.990. The lowest BCUT2D eigenvalue weighted by molar-refractivity contribution is 0.292. The van der Waals surface area contributed by atoms with Crippen molar-refractivity contribution in [3.8, 4) is 0 Å². The summed E-state index contributed by atoms with van der Waals surface area (Å²) in [6.07, 6.45) is 0.849. The maximum atomic E-state index is 8.80. The van der Waals surface area contributed by atoms with Gasteiger partial charge in [0, 0.05) is 37.1 Å². The zero-order valence-electron chi connectivity index (χ0n) is 13.1. The Morgan fingerprint density at radius 3 is 2.65 bits per heavy atom. The summed E-state index contributed by atoms with van der Waals surface area (Å²) in [5.41, 5.74) is 3.21. The second-order valence-corrected chi connectivity index (χ2v) is 5.53. The highest BCUT2D eigenvalue weighted by Gasteiger charge is 2.05. The summed E-state index contributed by atoms with van der Waals surface area (Å²) in [5, 5.41) is 16.5. The predicted molar refractivity (Wildman–Crippen MR) is 93.6 cm³/mol. The van der Waals surface area contributed by atoms with Crippen molar-refractivity contribution in [3.63, 3.8) is 0 Å². The van der Waals surface area contributed by atoms with Gasteiger partial charge in [0.15, 0.2) is 0 Å². The fraction of sp³-hybridized carbons (Fsp3) is 0.263. The summed E-state index contributed by atoms with van der Waals surface area (Å²) < 4.78 is 5.94. The van der Waals surface area contributed by atoms with Crippen LogP contribution in [-0.4, -0.2) is 24.8 Å².